The Balaban J connectivity index is 1.62. The second kappa shape index (κ2) is 7.19. The van der Waals surface area contributed by atoms with Gasteiger partial charge in [0.25, 0.3) is 0 Å². The number of rotatable bonds is 2. The van der Waals surface area contributed by atoms with E-state index in [1.165, 1.54) is 0 Å². The SMILES string of the molecule is Cc1ccc([C@H]2[C@H]3C(=O)OC(=O)[C@@H]3C3(C(=O)c4ccccc4C3=O)N2C2CCCCC2)cc1. The van der Waals surface area contributed by atoms with Crippen molar-refractivity contribution in [2.24, 2.45) is 11.8 Å². The van der Waals surface area contributed by atoms with Crippen LogP contribution in [0.15, 0.2) is 48.5 Å². The number of likely N-dealkylation sites (tertiary alicyclic amines) is 1. The number of hydrogen-bond donors (Lipinski definition) is 0. The third-order valence-electron chi connectivity index (χ3n) is 8.08. The van der Waals surface area contributed by atoms with Crippen molar-refractivity contribution in [3.63, 3.8) is 0 Å². The number of esters is 2. The molecule has 2 aromatic rings. The highest BCUT2D eigenvalue weighted by Crippen LogP contribution is 2.60. The Morgan fingerprint density at radius 1 is 0.818 bits per heavy atom. The van der Waals surface area contributed by atoms with Gasteiger partial charge in [0, 0.05) is 17.2 Å². The third kappa shape index (κ3) is 2.58. The first-order valence-electron chi connectivity index (χ1n) is 11.8. The minimum absolute atomic E-state index is 0.0709. The maximum atomic E-state index is 14.1. The Kier molecular flexibility index (Phi) is 4.46. The summed E-state index contributed by atoms with van der Waals surface area (Å²) in [6.07, 6.45) is 4.72. The lowest BCUT2D eigenvalue weighted by Gasteiger charge is -2.44. The zero-order valence-corrected chi connectivity index (χ0v) is 18.5. The Bertz CT molecular complexity index is 1160. The number of nitrogens with zero attached hydrogens (tertiary/aromatic N) is 1. The molecule has 0 N–H and O–H groups in total. The molecule has 168 valence electrons. The molecule has 2 aliphatic heterocycles. The lowest BCUT2D eigenvalue weighted by Crippen LogP contribution is -2.61. The van der Waals surface area contributed by atoms with E-state index in [9.17, 15) is 19.2 Å². The molecule has 33 heavy (non-hydrogen) atoms. The Morgan fingerprint density at radius 2 is 1.42 bits per heavy atom. The van der Waals surface area contributed by atoms with Crippen LogP contribution in [0.25, 0.3) is 0 Å². The zero-order valence-electron chi connectivity index (χ0n) is 18.5. The van der Waals surface area contributed by atoms with Gasteiger partial charge in [0.2, 0.25) is 0 Å². The molecule has 2 aliphatic carbocycles. The number of hydrogen-bond acceptors (Lipinski definition) is 6. The Labute approximate surface area is 191 Å². The monoisotopic (exact) mass is 443 g/mol. The number of benzene rings is 2. The average Bonchev–Trinajstić information content (AvgIpc) is 3.39. The zero-order chi connectivity index (χ0) is 22.9. The highest BCUT2D eigenvalue weighted by Gasteiger charge is 2.77. The Morgan fingerprint density at radius 3 is 2.03 bits per heavy atom. The summed E-state index contributed by atoms with van der Waals surface area (Å²) >= 11 is 0. The topological polar surface area (TPSA) is 80.8 Å². The van der Waals surface area contributed by atoms with Gasteiger partial charge < -0.3 is 4.74 Å². The lowest BCUT2D eigenvalue weighted by molar-refractivity contribution is -0.156. The van der Waals surface area contributed by atoms with E-state index in [4.69, 9.17) is 4.74 Å². The molecule has 6 rings (SSSR count). The molecule has 2 heterocycles. The molecule has 4 aliphatic rings. The second-order valence-electron chi connectivity index (χ2n) is 9.77. The van der Waals surface area contributed by atoms with Crippen LogP contribution in [0.3, 0.4) is 0 Å². The highest BCUT2D eigenvalue weighted by atomic mass is 16.6. The molecule has 1 spiro atoms. The van der Waals surface area contributed by atoms with Gasteiger partial charge in [-0.3, -0.25) is 24.1 Å². The van der Waals surface area contributed by atoms with Gasteiger partial charge in [0.15, 0.2) is 17.1 Å². The summed E-state index contributed by atoms with van der Waals surface area (Å²) in [5.41, 5.74) is 0.839. The van der Waals surface area contributed by atoms with Gasteiger partial charge in [-0.05, 0) is 25.3 Å². The van der Waals surface area contributed by atoms with Crippen LogP contribution in [-0.4, -0.2) is 40.0 Å². The smallest absolute Gasteiger partial charge is 0.320 e. The molecule has 0 bridgehead atoms. The van der Waals surface area contributed by atoms with E-state index >= 15 is 0 Å². The minimum Gasteiger partial charge on any atom is -0.393 e. The first-order valence-corrected chi connectivity index (χ1v) is 11.8. The highest BCUT2D eigenvalue weighted by molar-refractivity contribution is 6.35. The lowest BCUT2D eigenvalue weighted by atomic mass is 9.75. The standard InChI is InChI=1S/C27H25NO5/c1-15-11-13-16(14-12-15)22-20-21(26(32)33-25(20)31)27(28(22)17-7-3-2-4-8-17)23(29)18-9-5-6-10-19(18)24(27)30/h5-6,9-14,17,20-22H,2-4,7-8H2,1H3/t20-,21+,22-/m0/s1. The van der Waals surface area contributed by atoms with Crippen molar-refractivity contribution in [1.29, 1.82) is 0 Å². The molecule has 6 nitrogen and oxygen atoms in total. The van der Waals surface area contributed by atoms with Crippen LogP contribution in [0.1, 0.15) is 70.0 Å². The number of ether oxygens (including phenoxy) is 1. The van der Waals surface area contributed by atoms with Gasteiger partial charge in [0.05, 0.1) is 12.0 Å². The van der Waals surface area contributed by atoms with Crippen LogP contribution in [0.4, 0.5) is 0 Å². The molecule has 0 aromatic heterocycles. The van der Waals surface area contributed by atoms with Crippen LogP contribution in [0.5, 0.6) is 0 Å². The summed E-state index contributed by atoms with van der Waals surface area (Å²) in [6.45, 7) is 1.98. The summed E-state index contributed by atoms with van der Waals surface area (Å²) in [5, 5.41) is 0. The molecular formula is C27H25NO5. The van der Waals surface area contributed by atoms with E-state index in [0.29, 0.717) is 11.1 Å². The molecular weight excluding hydrogens is 418 g/mol. The van der Waals surface area contributed by atoms with Crippen molar-refractivity contribution in [2.75, 3.05) is 0 Å². The number of carbonyl (C=O) groups excluding carboxylic acids is 4. The fraction of sp³-hybridized carbons (Fsp3) is 0.407. The second-order valence-corrected chi connectivity index (χ2v) is 9.77. The van der Waals surface area contributed by atoms with Gasteiger partial charge in [-0.15, -0.1) is 0 Å². The van der Waals surface area contributed by atoms with Crippen molar-refractivity contribution in [3.8, 4) is 0 Å². The molecule has 2 aromatic carbocycles. The summed E-state index contributed by atoms with van der Waals surface area (Å²) in [7, 11) is 0. The first kappa shape index (κ1) is 20.5. The van der Waals surface area contributed by atoms with Gasteiger partial charge >= 0.3 is 11.9 Å². The minimum atomic E-state index is -1.73. The third-order valence-corrected chi connectivity index (χ3v) is 8.08. The van der Waals surface area contributed by atoms with E-state index < -0.39 is 35.4 Å². The van der Waals surface area contributed by atoms with E-state index in [1.807, 2.05) is 36.1 Å². The van der Waals surface area contributed by atoms with E-state index in [-0.39, 0.29) is 17.6 Å². The van der Waals surface area contributed by atoms with E-state index in [0.717, 1.165) is 43.2 Å². The Hall–Kier alpha value is -3.12. The van der Waals surface area contributed by atoms with E-state index in [2.05, 4.69) is 0 Å². The molecule has 0 unspecified atom stereocenters. The number of aryl methyl sites for hydroxylation is 1. The van der Waals surface area contributed by atoms with Gasteiger partial charge in [-0.25, -0.2) is 0 Å². The molecule has 1 saturated carbocycles. The van der Waals surface area contributed by atoms with Crippen LogP contribution < -0.4 is 0 Å². The van der Waals surface area contributed by atoms with Gasteiger partial charge in [0.1, 0.15) is 5.92 Å². The van der Waals surface area contributed by atoms with Crippen molar-refractivity contribution in [2.45, 2.75) is 56.7 Å². The largest absolute Gasteiger partial charge is 0.393 e. The first-order chi connectivity index (χ1) is 16.0. The normalized spacial score (nSPS) is 28.9. The van der Waals surface area contributed by atoms with Crippen LogP contribution in [-0.2, 0) is 14.3 Å². The summed E-state index contributed by atoms with van der Waals surface area (Å²) < 4.78 is 5.11. The molecule has 3 fully saturated rings. The number of cyclic esters (lactones) is 2. The van der Waals surface area contributed by atoms with Crippen molar-refractivity contribution in [3.05, 3.63) is 70.8 Å². The predicted molar refractivity (Wildman–Crippen MR) is 119 cm³/mol. The summed E-state index contributed by atoms with van der Waals surface area (Å²) in [4.78, 5) is 56.5. The summed E-state index contributed by atoms with van der Waals surface area (Å²) in [5.74, 6) is -4.15. The van der Waals surface area contributed by atoms with E-state index in [1.54, 1.807) is 24.3 Å². The van der Waals surface area contributed by atoms with Gasteiger partial charge in [-0.2, -0.15) is 0 Å². The number of ketones is 2. The number of carbonyl (C=O) groups is 4. The fourth-order valence-corrected chi connectivity index (χ4v) is 6.72. The quantitative estimate of drug-likeness (QED) is 0.519. The van der Waals surface area contributed by atoms with Crippen molar-refractivity contribution in [1.82, 2.24) is 4.90 Å². The number of Topliss-reactive ketones (excluding diaryl/α,β-unsaturated/α-hetero) is 2. The summed E-state index contributed by atoms with van der Waals surface area (Å²) in [6, 6.07) is 13.9. The van der Waals surface area contributed by atoms with Crippen molar-refractivity contribution < 1.29 is 23.9 Å². The molecule has 2 saturated heterocycles. The maximum Gasteiger partial charge on any atom is 0.320 e. The molecule has 3 atom stereocenters. The average molecular weight is 443 g/mol. The van der Waals surface area contributed by atoms with Crippen LogP contribution in [0.2, 0.25) is 0 Å². The maximum absolute atomic E-state index is 14.1. The van der Waals surface area contributed by atoms with Crippen LogP contribution in [0, 0.1) is 18.8 Å². The molecule has 6 heteroatoms. The van der Waals surface area contributed by atoms with Crippen LogP contribution >= 0.6 is 0 Å². The van der Waals surface area contributed by atoms with Gasteiger partial charge in [-0.1, -0.05) is 73.4 Å². The van der Waals surface area contributed by atoms with Crippen molar-refractivity contribution >= 4 is 23.5 Å². The number of fused-ring (bicyclic) bond motifs is 3. The fourth-order valence-electron chi connectivity index (χ4n) is 6.72. The predicted octanol–water partition coefficient (Wildman–Crippen LogP) is 3.82. The molecule has 0 amide bonds. The molecule has 0 radical (unpaired) electrons.